The summed E-state index contributed by atoms with van der Waals surface area (Å²) in [5.41, 5.74) is 0.747. The van der Waals surface area contributed by atoms with Gasteiger partial charge in [-0.05, 0) is 12.1 Å². The van der Waals surface area contributed by atoms with Gasteiger partial charge >= 0.3 is 0 Å². The lowest BCUT2D eigenvalue weighted by Crippen LogP contribution is -2.05. The molecule has 0 atom stereocenters. The van der Waals surface area contributed by atoms with Gasteiger partial charge in [-0.2, -0.15) is 0 Å². The van der Waals surface area contributed by atoms with E-state index in [9.17, 15) is 10.1 Å². The zero-order chi connectivity index (χ0) is 12.8. The number of hydrogen-bond donors (Lipinski definition) is 1. The molecule has 1 N–H and O–H groups in total. The van der Waals surface area contributed by atoms with Crippen molar-refractivity contribution < 1.29 is 4.92 Å². The van der Waals surface area contributed by atoms with E-state index >= 15 is 0 Å². The number of benzene rings is 1. The molecule has 4 nitrogen and oxygen atoms in total. The highest BCUT2D eigenvalue weighted by molar-refractivity contribution is 8.23. The van der Waals surface area contributed by atoms with Gasteiger partial charge in [0, 0.05) is 28.6 Å². The summed E-state index contributed by atoms with van der Waals surface area (Å²) < 4.78 is 0.542. The minimum Gasteiger partial charge on any atom is -0.341 e. The first kappa shape index (κ1) is 14.0. The molecule has 0 aliphatic carbocycles. The fraction of sp³-hybridized carbons (Fsp3) is 0.100. The zero-order valence-corrected chi connectivity index (χ0v) is 11.1. The highest BCUT2D eigenvalue weighted by Crippen LogP contribution is 2.18. The van der Waals surface area contributed by atoms with Crippen molar-refractivity contribution in [3.8, 4) is 0 Å². The van der Waals surface area contributed by atoms with Crippen LogP contribution >= 0.6 is 35.6 Å². The monoisotopic (exact) mass is 288 g/mol. The summed E-state index contributed by atoms with van der Waals surface area (Å²) in [7, 11) is 0. The van der Waals surface area contributed by atoms with E-state index < -0.39 is 4.92 Å². The Kier molecular flexibility index (Phi) is 5.40. The Morgan fingerprint density at radius 2 is 2.12 bits per heavy atom. The van der Waals surface area contributed by atoms with Gasteiger partial charge < -0.3 is 5.32 Å². The summed E-state index contributed by atoms with van der Waals surface area (Å²) in [5, 5.41) is 13.9. The van der Waals surface area contributed by atoms with Crippen molar-refractivity contribution in [2.45, 2.75) is 0 Å². The average molecular weight is 289 g/mol. The van der Waals surface area contributed by atoms with Crippen LogP contribution < -0.4 is 5.32 Å². The Morgan fingerprint density at radius 1 is 1.53 bits per heavy atom. The maximum Gasteiger partial charge on any atom is 0.269 e. The molecule has 0 radical (unpaired) electrons. The number of thiocarbonyl (C=S) groups is 1. The van der Waals surface area contributed by atoms with Gasteiger partial charge in [0.1, 0.15) is 4.32 Å². The molecule has 0 spiro atoms. The highest BCUT2D eigenvalue weighted by atomic mass is 35.5. The van der Waals surface area contributed by atoms with E-state index in [-0.39, 0.29) is 5.69 Å². The van der Waals surface area contributed by atoms with Gasteiger partial charge in [-0.3, -0.25) is 10.1 Å². The van der Waals surface area contributed by atoms with Crippen LogP contribution in [0.5, 0.6) is 0 Å². The molecule has 0 heterocycles. The first-order valence-corrected chi connectivity index (χ1v) is 6.27. The number of nitro benzene ring substituents is 1. The molecule has 1 rings (SSSR count). The van der Waals surface area contributed by atoms with Crippen LogP contribution in [0.4, 0.5) is 11.4 Å². The molecule has 0 aliphatic rings. The number of rotatable bonds is 4. The number of nitrogens with zero attached hydrogens (tertiary/aromatic N) is 1. The molecule has 0 saturated heterocycles. The molecule has 90 valence electrons. The summed E-state index contributed by atoms with van der Waals surface area (Å²) >= 11 is 12.0. The van der Waals surface area contributed by atoms with Crippen LogP contribution in [0.3, 0.4) is 0 Å². The fourth-order valence-corrected chi connectivity index (χ4v) is 1.90. The van der Waals surface area contributed by atoms with Gasteiger partial charge in [0.05, 0.1) is 4.92 Å². The molecule has 1 aromatic rings. The molecule has 7 heteroatoms. The van der Waals surface area contributed by atoms with Crippen LogP contribution in [0.2, 0.25) is 0 Å². The number of thioether (sulfide) groups is 1. The largest absolute Gasteiger partial charge is 0.341 e. The standard InChI is InChI=1S/C10H9ClN2O2S2/c1-7(11)6-17-10(16)12-8-2-4-9(5-3-8)13(14)15/h2-5H,1,6H2,(H,12,16). The van der Waals surface area contributed by atoms with Crippen LogP contribution in [0.15, 0.2) is 35.9 Å². The first-order valence-electron chi connectivity index (χ1n) is 4.50. The molecule has 0 saturated carbocycles. The average Bonchev–Trinajstić information content (AvgIpc) is 2.27. The van der Waals surface area contributed by atoms with Gasteiger partial charge in [0.2, 0.25) is 0 Å². The smallest absolute Gasteiger partial charge is 0.269 e. The van der Waals surface area contributed by atoms with Crippen molar-refractivity contribution in [1.29, 1.82) is 0 Å². The molecular formula is C10H9ClN2O2S2. The minimum atomic E-state index is -0.450. The normalized spacial score (nSPS) is 9.71. The second-order valence-corrected chi connectivity index (χ2v) is 5.21. The quantitative estimate of drug-likeness (QED) is 0.519. The van der Waals surface area contributed by atoms with Gasteiger partial charge in [0.15, 0.2) is 0 Å². The second-order valence-electron chi connectivity index (χ2n) is 3.02. The maximum absolute atomic E-state index is 10.4. The van der Waals surface area contributed by atoms with Crippen LogP contribution in [0, 0.1) is 10.1 Å². The van der Waals surface area contributed by atoms with Gasteiger partial charge in [-0.1, -0.05) is 42.2 Å². The van der Waals surface area contributed by atoms with E-state index in [2.05, 4.69) is 11.9 Å². The molecule has 0 aromatic heterocycles. The molecule has 0 bridgehead atoms. The Hall–Kier alpha value is -1.11. The molecule has 17 heavy (non-hydrogen) atoms. The van der Waals surface area contributed by atoms with Crippen LogP contribution in [-0.4, -0.2) is 15.0 Å². The van der Waals surface area contributed by atoms with E-state index in [1.54, 1.807) is 12.1 Å². The third kappa shape index (κ3) is 5.16. The van der Waals surface area contributed by atoms with Gasteiger partial charge in [-0.25, -0.2) is 0 Å². The summed E-state index contributed by atoms with van der Waals surface area (Å²) in [5.74, 6) is 0.528. The minimum absolute atomic E-state index is 0.0447. The Labute approximate surface area is 113 Å². The Morgan fingerprint density at radius 3 is 2.59 bits per heavy atom. The molecule has 0 amide bonds. The van der Waals surface area contributed by atoms with Crippen molar-refractivity contribution in [1.82, 2.24) is 0 Å². The zero-order valence-electron chi connectivity index (χ0n) is 8.68. The number of non-ortho nitro benzene ring substituents is 1. The van der Waals surface area contributed by atoms with Crippen LogP contribution in [-0.2, 0) is 0 Å². The predicted octanol–water partition coefficient (Wildman–Crippen LogP) is 3.78. The number of hydrogen-bond acceptors (Lipinski definition) is 4. The third-order valence-electron chi connectivity index (χ3n) is 1.68. The lowest BCUT2D eigenvalue weighted by Gasteiger charge is -2.06. The number of nitrogens with one attached hydrogen (secondary N) is 1. The summed E-state index contributed by atoms with van der Waals surface area (Å²) in [4.78, 5) is 9.99. The SMILES string of the molecule is C=C(Cl)CSC(=S)Nc1ccc([N+](=O)[O-])cc1. The van der Waals surface area contributed by atoms with Crippen molar-refractivity contribution in [3.05, 3.63) is 46.0 Å². The molecule has 0 aliphatic heterocycles. The lowest BCUT2D eigenvalue weighted by molar-refractivity contribution is -0.384. The van der Waals surface area contributed by atoms with E-state index in [1.807, 2.05) is 0 Å². The van der Waals surface area contributed by atoms with E-state index in [0.717, 1.165) is 0 Å². The lowest BCUT2D eigenvalue weighted by atomic mass is 10.3. The van der Waals surface area contributed by atoms with Gasteiger partial charge in [0.25, 0.3) is 5.69 Å². The van der Waals surface area contributed by atoms with E-state index in [1.165, 1.54) is 23.9 Å². The Bertz CT molecular complexity index is 448. The van der Waals surface area contributed by atoms with Crippen LogP contribution in [0.1, 0.15) is 0 Å². The summed E-state index contributed by atoms with van der Waals surface area (Å²) in [6.45, 7) is 3.55. The van der Waals surface area contributed by atoms with E-state index in [0.29, 0.717) is 20.8 Å². The van der Waals surface area contributed by atoms with Gasteiger partial charge in [-0.15, -0.1) is 0 Å². The van der Waals surface area contributed by atoms with Crippen LogP contribution in [0.25, 0.3) is 0 Å². The number of halogens is 1. The van der Waals surface area contributed by atoms with Crippen molar-refractivity contribution >= 4 is 51.3 Å². The maximum atomic E-state index is 10.4. The molecule has 1 aromatic carbocycles. The molecule has 0 unspecified atom stereocenters. The highest BCUT2D eigenvalue weighted by Gasteiger charge is 2.05. The third-order valence-corrected chi connectivity index (χ3v) is 3.29. The molecule has 0 fully saturated rings. The van der Waals surface area contributed by atoms with Crippen molar-refractivity contribution in [2.24, 2.45) is 0 Å². The second kappa shape index (κ2) is 6.58. The Balaban J connectivity index is 2.54. The first-order chi connectivity index (χ1) is 7.99. The summed E-state index contributed by atoms with van der Waals surface area (Å²) in [6, 6.07) is 6.02. The topological polar surface area (TPSA) is 55.2 Å². The fourth-order valence-electron chi connectivity index (χ4n) is 0.964. The number of nitro groups is 1. The molecular weight excluding hydrogens is 280 g/mol. The predicted molar refractivity (Wildman–Crippen MR) is 76.8 cm³/mol. The van der Waals surface area contributed by atoms with Crippen molar-refractivity contribution in [2.75, 3.05) is 11.1 Å². The summed E-state index contributed by atoms with van der Waals surface area (Å²) in [6.07, 6.45) is 0. The van der Waals surface area contributed by atoms with E-state index in [4.69, 9.17) is 23.8 Å². The number of anilines is 1. The van der Waals surface area contributed by atoms with Crippen molar-refractivity contribution in [3.63, 3.8) is 0 Å².